The number of likely N-dealkylation sites (tertiary alicyclic amines) is 1. The molecule has 0 unspecified atom stereocenters. The molecule has 2 aromatic heterocycles. The lowest BCUT2D eigenvalue weighted by Crippen LogP contribution is -2.47. The SMILES string of the molecule is O=C(N[C@H]1CCC[C@@H](Nc2ncc(Cl)c(-c3c[nH]c4ccccc34)n2)C1)C1CCN(C(=O)/C=C/CN2CCOCC2)CC1. The lowest BCUT2D eigenvalue weighted by atomic mass is 9.89. The molecular formula is C32H40ClN7O3. The topological polar surface area (TPSA) is 115 Å². The first kappa shape index (κ1) is 29.6. The van der Waals surface area contributed by atoms with Crippen LogP contribution in [0.15, 0.2) is 48.8 Å². The van der Waals surface area contributed by atoms with Crippen molar-refractivity contribution in [2.24, 2.45) is 5.92 Å². The second-order valence-corrected chi connectivity index (χ2v) is 12.2. The Bertz CT molecular complexity index is 1450. The first-order valence-corrected chi connectivity index (χ1v) is 15.8. The van der Waals surface area contributed by atoms with Gasteiger partial charge in [0.05, 0.1) is 30.1 Å². The maximum Gasteiger partial charge on any atom is 0.246 e. The molecule has 0 bridgehead atoms. The molecule has 1 aromatic carbocycles. The Morgan fingerprint density at radius 3 is 2.70 bits per heavy atom. The zero-order chi connectivity index (χ0) is 29.6. The Balaban J connectivity index is 0.978. The number of aromatic amines is 1. The molecule has 2 atom stereocenters. The number of rotatable bonds is 8. The molecule has 0 spiro atoms. The van der Waals surface area contributed by atoms with Crippen molar-refractivity contribution in [3.8, 4) is 11.3 Å². The van der Waals surface area contributed by atoms with Crippen LogP contribution in [-0.4, -0.2) is 94.6 Å². The van der Waals surface area contributed by atoms with Gasteiger partial charge in [0, 0.05) is 79.5 Å². The van der Waals surface area contributed by atoms with Crippen molar-refractivity contribution in [3.63, 3.8) is 0 Å². The number of hydrogen-bond donors (Lipinski definition) is 3. The number of H-pyrrole nitrogens is 1. The molecule has 228 valence electrons. The van der Waals surface area contributed by atoms with E-state index < -0.39 is 0 Å². The van der Waals surface area contributed by atoms with Crippen molar-refractivity contribution in [2.75, 3.05) is 51.3 Å². The van der Waals surface area contributed by atoms with Gasteiger partial charge >= 0.3 is 0 Å². The standard InChI is InChI=1S/C32H40ClN7O3/c33-27-21-35-32(38-30(27)26-20-34-28-8-2-1-7-25(26)28)37-24-6-3-5-23(19-24)36-31(42)22-10-13-40(14-11-22)29(41)9-4-12-39-15-17-43-18-16-39/h1-2,4,7-9,20-24,34H,3,5-6,10-19H2,(H,36,42)(H,35,37,38)/b9-4+/t23-,24+/m0/s1. The maximum atomic E-state index is 13.2. The number of nitrogens with zero attached hydrogens (tertiary/aromatic N) is 4. The highest BCUT2D eigenvalue weighted by Gasteiger charge is 2.30. The van der Waals surface area contributed by atoms with Gasteiger partial charge in [-0.1, -0.05) is 35.9 Å². The average Bonchev–Trinajstić information content (AvgIpc) is 3.47. The summed E-state index contributed by atoms with van der Waals surface area (Å²) in [6.07, 6.45) is 12.3. The summed E-state index contributed by atoms with van der Waals surface area (Å²) in [5.74, 6) is 0.612. The monoisotopic (exact) mass is 605 g/mol. The minimum atomic E-state index is -0.0620. The van der Waals surface area contributed by atoms with Gasteiger partial charge in [-0.3, -0.25) is 14.5 Å². The number of amides is 2. The second-order valence-electron chi connectivity index (χ2n) is 11.8. The lowest BCUT2D eigenvalue weighted by molar-refractivity contribution is -0.132. The van der Waals surface area contributed by atoms with Crippen molar-refractivity contribution in [2.45, 2.75) is 50.6 Å². The molecule has 3 N–H and O–H groups in total. The largest absolute Gasteiger partial charge is 0.379 e. The molecule has 3 aromatic rings. The predicted octanol–water partition coefficient (Wildman–Crippen LogP) is 4.24. The second kappa shape index (κ2) is 13.9. The van der Waals surface area contributed by atoms with Crippen LogP contribution >= 0.6 is 11.6 Å². The summed E-state index contributed by atoms with van der Waals surface area (Å²) in [5, 5.41) is 8.36. The molecule has 2 amide bonds. The van der Waals surface area contributed by atoms with Gasteiger partial charge in [-0.25, -0.2) is 9.97 Å². The molecular weight excluding hydrogens is 566 g/mol. The molecule has 3 fully saturated rings. The number of aromatic nitrogens is 3. The maximum absolute atomic E-state index is 13.2. The number of fused-ring (bicyclic) bond motifs is 1. The van der Waals surface area contributed by atoms with Gasteiger partial charge < -0.3 is 25.3 Å². The number of piperidine rings is 1. The van der Waals surface area contributed by atoms with Gasteiger partial charge in [-0.05, 0) is 44.6 Å². The fourth-order valence-electron chi connectivity index (χ4n) is 6.40. The van der Waals surface area contributed by atoms with E-state index in [9.17, 15) is 9.59 Å². The zero-order valence-corrected chi connectivity index (χ0v) is 25.2. The van der Waals surface area contributed by atoms with E-state index in [0.29, 0.717) is 42.6 Å². The van der Waals surface area contributed by atoms with Crippen LogP contribution in [0.3, 0.4) is 0 Å². The van der Waals surface area contributed by atoms with E-state index in [-0.39, 0.29) is 29.8 Å². The van der Waals surface area contributed by atoms with Crippen LogP contribution in [0.2, 0.25) is 5.02 Å². The highest BCUT2D eigenvalue weighted by atomic mass is 35.5. The summed E-state index contributed by atoms with van der Waals surface area (Å²) in [7, 11) is 0. The minimum absolute atomic E-state index is 0.0329. The first-order valence-electron chi connectivity index (χ1n) is 15.4. The van der Waals surface area contributed by atoms with Gasteiger partial charge in [0.1, 0.15) is 0 Å². The van der Waals surface area contributed by atoms with Crippen LogP contribution in [0.1, 0.15) is 38.5 Å². The van der Waals surface area contributed by atoms with E-state index >= 15 is 0 Å². The van der Waals surface area contributed by atoms with E-state index in [1.54, 1.807) is 12.3 Å². The van der Waals surface area contributed by atoms with Crippen molar-refractivity contribution < 1.29 is 14.3 Å². The number of para-hydroxylation sites is 1. The molecule has 3 aliphatic rings. The summed E-state index contributed by atoms with van der Waals surface area (Å²) < 4.78 is 5.37. The van der Waals surface area contributed by atoms with Gasteiger partial charge in [-0.15, -0.1) is 0 Å². The number of hydrogen-bond acceptors (Lipinski definition) is 7. The molecule has 2 saturated heterocycles. The average molecular weight is 606 g/mol. The summed E-state index contributed by atoms with van der Waals surface area (Å²) in [6.45, 7) is 5.29. The fraction of sp³-hybridized carbons (Fsp3) is 0.500. The van der Waals surface area contributed by atoms with Crippen LogP contribution < -0.4 is 10.6 Å². The molecule has 4 heterocycles. The van der Waals surface area contributed by atoms with Crippen LogP contribution in [0.25, 0.3) is 22.2 Å². The Morgan fingerprint density at radius 1 is 1.07 bits per heavy atom. The highest BCUT2D eigenvalue weighted by Crippen LogP contribution is 2.33. The number of ether oxygens (including phenoxy) is 1. The van der Waals surface area contributed by atoms with Gasteiger partial charge in [0.25, 0.3) is 0 Å². The number of halogens is 1. The van der Waals surface area contributed by atoms with Crippen LogP contribution in [-0.2, 0) is 14.3 Å². The first-order chi connectivity index (χ1) is 21.0. The van der Waals surface area contributed by atoms with E-state index in [2.05, 4.69) is 25.5 Å². The van der Waals surface area contributed by atoms with Crippen LogP contribution in [0.5, 0.6) is 0 Å². The fourth-order valence-corrected chi connectivity index (χ4v) is 6.59. The van der Waals surface area contributed by atoms with Crippen LogP contribution in [0, 0.1) is 5.92 Å². The van der Waals surface area contributed by atoms with E-state index in [1.807, 2.05) is 41.4 Å². The number of carbonyl (C=O) groups excluding carboxylic acids is 2. The van der Waals surface area contributed by atoms with E-state index in [0.717, 1.165) is 75.0 Å². The number of benzene rings is 1. The third kappa shape index (κ3) is 7.37. The normalized spacial score (nSPS) is 22.2. The van der Waals surface area contributed by atoms with Gasteiger partial charge in [-0.2, -0.15) is 0 Å². The number of anilines is 1. The minimum Gasteiger partial charge on any atom is -0.379 e. The smallest absolute Gasteiger partial charge is 0.246 e. The Labute approximate surface area is 257 Å². The summed E-state index contributed by atoms with van der Waals surface area (Å²) in [6, 6.07) is 8.32. The third-order valence-corrected chi connectivity index (χ3v) is 9.12. The molecule has 1 aliphatic carbocycles. The summed E-state index contributed by atoms with van der Waals surface area (Å²) in [4.78, 5) is 42.5. The third-order valence-electron chi connectivity index (χ3n) is 8.85. The van der Waals surface area contributed by atoms with E-state index in [4.69, 9.17) is 21.3 Å². The van der Waals surface area contributed by atoms with Gasteiger partial charge in [0.2, 0.25) is 17.8 Å². The number of carbonyl (C=O) groups is 2. The van der Waals surface area contributed by atoms with Crippen LogP contribution in [0.4, 0.5) is 5.95 Å². The Morgan fingerprint density at radius 2 is 1.86 bits per heavy atom. The van der Waals surface area contributed by atoms with Crippen molar-refractivity contribution in [1.82, 2.24) is 30.1 Å². The molecule has 0 radical (unpaired) electrons. The van der Waals surface area contributed by atoms with Crippen molar-refractivity contribution in [3.05, 3.63) is 53.8 Å². The Hall–Kier alpha value is -3.47. The molecule has 43 heavy (non-hydrogen) atoms. The molecule has 6 rings (SSSR count). The van der Waals surface area contributed by atoms with E-state index in [1.165, 1.54) is 0 Å². The quantitative estimate of drug-likeness (QED) is 0.329. The lowest BCUT2D eigenvalue weighted by Gasteiger charge is -2.34. The number of morpholine rings is 1. The Kier molecular flexibility index (Phi) is 9.55. The van der Waals surface area contributed by atoms with Gasteiger partial charge in [0.15, 0.2) is 0 Å². The highest BCUT2D eigenvalue weighted by molar-refractivity contribution is 6.33. The van der Waals surface area contributed by atoms with Crippen molar-refractivity contribution in [1.29, 1.82) is 0 Å². The van der Waals surface area contributed by atoms with Crippen molar-refractivity contribution >= 4 is 40.3 Å². The molecule has 11 heteroatoms. The molecule has 10 nitrogen and oxygen atoms in total. The summed E-state index contributed by atoms with van der Waals surface area (Å²) in [5.41, 5.74) is 2.66. The zero-order valence-electron chi connectivity index (χ0n) is 24.4. The molecule has 1 saturated carbocycles. The molecule has 2 aliphatic heterocycles. The predicted molar refractivity (Wildman–Crippen MR) is 168 cm³/mol. The number of nitrogens with one attached hydrogen (secondary N) is 3. The summed E-state index contributed by atoms with van der Waals surface area (Å²) >= 11 is 6.52.